The van der Waals surface area contributed by atoms with E-state index in [0.717, 1.165) is 12.8 Å². The summed E-state index contributed by atoms with van der Waals surface area (Å²) in [6.45, 7) is 1.84. The highest BCUT2D eigenvalue weighted by Crippen LogP contribution is 2.26. The van der Waals surface area contributed by atoms with Gasteiger partial charge in [-0.1, -0.05) is 5.16 Å². The Kier molecular flexibility index (Phi) is 1.72. The summed E-state index contributed by atoms with van der Waals surface area (Å²) in [6.07, 6.45) is 5.24. The molecule has 0 spiro atoms. The zero-order chi connectivity index (χ0) is 7.68. The monoisotopic (exact) mass is 155 g/mol. The third kappa shape index (κ3) is 1.32. The van der Waals surface area contributed by atoms with E-state index in [2.05, 4.69) is 5.16 Å². The lowest BCUT2D eigenvalue weighted by Crippen LogP contribution is -2.38. The SMILES string of the molecule is CC1=NOC2CCCCC2O1. The molecule has 0 saturated heterocycles. The average Bonchev–Trinajstić information content (AvgIpc) is 2.04. The third-order valence-electron chi connectivity index (χ3n) is 2.28. The maximum absolute atomic E-state index is 5.52. The van der Waals surface area contributed by atoms with E-state index in [1.807, 2.05) is 6.92 Å². The van der Waals surface area contributed by atoms with Crippen molar-refractivity contribution >= 4 is 5.90 Å². The van der Waals surface area contributed by atoms with E-state index < -0.39 is 0 Å². The van der Waals surface area contributed by atoms with Crippen LogP contribution >= 0.6 is 0 Å². The van der Waals surface area contributed by atoms with Gasteiger partial charge in [0.05, 0.1) is 0 Å². The van der Waals surface area contributed by atoms with Gasteiger partial charge in [-0.2, -0.15) is 0 Å². The van der Waals surface area contributed by atoms with Crippen LogP contribution in [0.1, 0.15) is 32.6 Å². The van der Waals surface area contributed by atoms with Crippen LogP contribution in [-0.2, 0) is 9.57 Å². The molecule has 0 aromatic heterocycles. The van der Waals surface area contributed by atoms with Crippen LogP contribution in [0.15, 0.2) is 5.16 Å². The number of oxime groups is 1. The smallest absolute Gasteiger partial charge is 0.222 e. The van der Waals surface area contributed by atoms with Gasteiger partial charge in [0.2, 0.25) is 5.90 Å². The van der Waals surface area contributed by atoms with Crippen LogP contribution in [0.25, 0.3) is 0 Å². The molecular formula is C8H13NO2. The van der Waals surface area contributed by atoms with Gasteiger partial charge >= 0.3 is 0 Å². The molecule has 3 nitrogen and oxygen atoms in total. The van der Waals surface area contributed by atoms with Crippen molar-refractivity contribution in [2.45, 2.75) is 44.8 Å². The van der Waals surface area contributed by atoms with Crippen LogP contribution in [0.5, 0.6) is 0 Å². The Morgan fingerprint density at radius 3 is 2.82 bits per heavy atom. The van der Waals surface area contributed by atoms with Crippen molar-refractivity contribution in [3.05, 3.63) is 0 Å². The Morgan fingerprint density at radius 2 is 2.00 bits per heavy atom. The number of hydrogen-bond donors (Lipinski definition) is 0. The van der Waals surface area contributed by atoms with Crippen molar-refractivity contribution in [3.8, 4) is 0 Å². The minimum atomic E-state index is 0.229. The van der Waals surface area contributed by atoms with Crippen molar-refractivity contribution in [2.75, 3.05) is 0 Å². The maximum atomic E-state index is 5.52. The molecule has 1 aliphatic carbocycles. The van der Waals surface area contributed by atoms with E-state index >= 15 is 0 Å². The Morgan fingerprint density at radius 1 is 1.27 bits per heavy atom. The molecule has 0 amide bonds. The van der Waals surface area contributed by atoms with Crippen molar-refractivity contribution < 1.29 is 9.57 Å². The fraction of sp³-hybridized carbons (Fsp3) is 0.875. The highest BCUT2D eigenvalue weighted by atomic mass is 16.7. The zero-order valence-electron chi connectivity index (χ0n) is 6.75. The van der Waals surface area contributed by atoms with E-state index in [1.54, 1.807) is 0 Å². The van der Waals surface area contributed by atoms with E-state index in [4.69, 9.17) is 9.57 Å². The molecule has 1 aliphatic heterocycles. The molecular weight excluding hydrogens is 142 g/mol. The first-order valence-corrected chi connectivity index (χ1v) is 4.23. The number of fused-ring (bicyclic) bond motifs is 1. The van der Waals surface area contributed by atoms with E-state index in [-0.39, 0.29) is 12.2 Å². The van der Waals surface area contributed by atoms with Crippen LogP contribution in [0.3, 0.4) is 0 Å². The number of rotatable bonds is 0. The minimum Gasteiger partial charge on any atom is -0.471 e. The van der Waals surface area contributed by atoms with Gasteiger partial charge in [0.15, 0.2) is 6.10 Å². The van der Waals surface area contributed by atoms with Gasteiger partial charge in [-0.15, -0.1) is 0 Å². The molecule has 2 rings (SSSR count). The highest BCUT2D eigenvalue weighted by molar-refractivity contribution is 5.73. The molecule has 1 heterocycles. The second-order valence-corrected chi connectivity index (χ2v) is 3.19. The third-order valence-corrected chi connectivity index (χ3v) is 2.28. The fourth-order valence-corrected chi connectivity index (χ4v) is 1.70. The topological polar surface area (TPSA) is 30.8 Å². The summed E-state index contributed by atoms with van der Waals surface area (Å²) in [5.74, 6) is 0.674. The lowest BCUT2D eigenvalue weighted by atomic mass is 9.94. The van der Waals surface area contributed by atoms with Gasteiger partial charge in [-0.05, 0) is 25.7 Å². The van der Waals surface area contributed by atoms with Crippen LogP contribution in [0.4, 0.5) is 0 Å². The molecule has 0 aromatic rings. The molecule has 2 atom stereocenters. The average molecular weight is 155 g/mol. The van der Waals surface area contributed by atoms with Crippen molar-refractivity contribution in [3.63, 3.8) is 0 Å². The van der Waals surface area contributed by atoms with Crippen molar-refractivity contribution in [2.24, 2.45) is 5.16 Å². The van der Waals surface area contributed by atoms with E-state index in [0.29, 0.717) is 5.90 Å². The Hall–Kier alpha value is -0.730. The molecule has 1 saturated carbocycles. The van der Waals surface area contributed by atoms with E-state index in [9.17, 15) is 0 Å². The second-order valence-electron chi connectivity index (χ2n) is 3.19. The molecule has 0 N–H and O–H groups in total. The van der Waals surface area contributed by atoms with Gasteiger partial charge in [0.25, 0.3) is 0 Å². The molecule has 3 heteroatoms. The van der Waals surface area contributed by atoms with Crippen LogP contribution in [0.2, 0.25) is 0 Å². The summed E-state index contributed by atoms with van der Waals surface area (Å²) < 4.78 is 5.52. The summed E-state index contributed by atoms with van der Waals surface area (Å²) in [7, 11) is 0. The molecule has 0 aromatic carbocycles. The van der Waals surface area contributed by atoms with Gasteiger partial charge in [0, 0.05) is 6.92 Å². The lowest BCUT2D eigenvalue weighted by molar-refractivity contribution is -0.0802. The molecule has 1 fully saturated rings. The van der Waals surface area contributed by atoms with Crippen LogP contribution in [0, 0.1) is 0 Å². The predicted octanol–water partition coefficient (Wildman–Crippen LogP) is 1.68. The standard InChI is InChI=1S/C8H13NO2/c1-6-9-11-8-5-3-2-4-7(8)10-6/h7-8H,2-5H2,1H3. The quantitative estimate of drug-likeness (QED) is 0.533. The summed E-state index contributed by atoms with van der Waals surface area (Å²) in [5, 5.41) is 3.81. The van der Waals surface area contributed by atoms with Crippen molar-refractivity contribution in [1.82, 2.24) is 0 Å². The highest BCUT2D eigenvalue weighted by Gasteiger charge is 2.31. The first-order valence-electron chi connectivity index (χ1n) is 4.23. The molecule has 0 radical (unpaired) electrons. The summed E-state index contributed by atoms with van der Waals surface area (Å²) in [5.41, 5.74) is 0. The van der Waals surface area contributed by atoms with Crippen LogP contribution < -0.4 is 0 Å². The first-order chi connectivity index (χ1) is 5.36. The number of nitrogens with zero attached hydrogens (tertiary/aromatic N) is 1. The number of hydrogen-bond acceptors (Lipinski definition) is 3. The van der Waals surface area contributed by atoms with Gasteiger partial charge in [0.1, 0.15) is 6.10 Å². The maximum Gasteiger partial charge on any atom is 0.222 e. The normalized spacial score (nSPS) is 36.3. The first kappa shape index (κ1) is 6.95. The van der Waals surface area contributed by atoms with Gasteiger partial charge in [-0.25, -0.2) is 0 Å². The summed E-state index contributed by atoms with van der Waals surface area (Å²) in [6, 6.07) is 0. The summed E-state index contributed by atoms with van der Waals surface area (Å²) >= 11 is 0. The number of ether oxygens (including phenoxy) is 1. The largest absolute Gasteiger partial charge is 0.471 e. The zero-order valence-corrected chi connectivity index (χ0v) is 6.75. The Labute approximate surface area is 66.4 Å². The van der Waals surface area contributed by atoms with Gasteiger partial charge < -0.3 is 9.57 Å². The van der Waals surface area contributed by atoms with E-state index in [1.165, 1.54) is 12.8 Å². The lowest BCUT2D eigenvalue weighted by Gasteiger charge is -2.32. The van der Waals surface area contributed by atoms with Crippen LogP contribution in [-0.4, -0.2) is 18.1 Å². The molecule has 2 aliphatic rings. The fourth-order valence-electron chi connectivity index (χ4n) is 1.70. The minimum absolute atomic E-state index is 0.229. The van der Waals surface area contributed by atoms with Gasteiger partial charge in [-0.3, -0.25) is 0 Å². The molecule has 62 valence electrons. The molecule has 2 unspecified atom stereocenters. The molecule has 11 heavy (non-hydrogen) atoms. The Balaban J connectivity index is 2.04. The second kappa shape index (κ2) is 2.72. The van der Waals surface area contributed by atoms with Crippen molar-refractivity contribution in [1.29, 1.82) is 0 Å². The predicted molar refractivity (Wildman–Crippen MR) is 41.3 cm³/mol. The summed E-state index contributed by atoms with van der Waals surface area (Å²) in [4.78, 5) is 5.26. The molecule has 0 bridgehead atoms. The Bertz CT molecular complexity index is 179.